The Labute approximate surface area is 118 Å². The van der Waals surface area contributed by atoms with Crippen LogP contribution in [-0.4, -0.2) is 4.98 Å². The Morgan fingerprint density at radius 1 is 0.941 bits per heavy atom. The van der Waals surface area contributed by atoms with E-state index >= 15 is 0 Å². The van der Waals surface area contributed by atoms with Gasteiger partial charge in [0.05, 0.1) is 25.8 Å². The van der Waals surface area contributed by atoms with E-state index in [2.05, 4.69) is 4.98 Å². The highest BCUT2D eigenvalue weighted by Gasteiger charge is 2.16. The van der Waals surface area contributed by atoms with Crippen molar-refractivity contribution in [1.29, 1.82) is 0 Å². The number of anilines is 1. The zero-order valence-electron chi connectivity index (χ0n) is 8.35. The molecule has 1 aromatic heterocycles. The van der Waals surface area contributed by atoms with Gasteiger partial charge in [-0.2, -0.15) is 0 Å². The van der Waals surface area contributed by atoms with Crippen molar-refractivity contribution in [2.75, 3.05) is 5.73 Å². The quantitative estimate of drug-likeness (QED) is 0.598. The molecule has 0 saturated carbocycles. The molecule has 6 heteroatoms. The van der Waals surface area contributed by atoms with Crippen molar-refractivity contribution in [2.24, 2.45) is 0 Å². The van der Waals surface area contributed by atoms with Gasteiger partial charge in [0.25, 0.3) is 0 Å². The molecule has 2 aromatic rings. The van der Waals surface area contributed by atoms with Crippen LogP contribution in [0, 0.1) is 0 Å². The molecule has 0 fully saturated rings. The predicted octanol–water partition coefficient (Wildman–Crippen LogP) is 4.94. The molecule has 0 bridgehead atoms. The maximum absolute atomic E-state index is 6.11. The van der Waals surface area contributed by atoms with Gasteiger partial charge in [0, 0.05) is 5.56 Å². The highest BCUT2D eigenvalue weighted by Crippen LogP contribution is 2.42. The van der Waals surface area contributed by atoms with Crippen molar-refractivity contribution >= 4 is 52.2 Å². The van der Waals surface area contributed by atoms with E-state index in [9.17, 15) is 0 Å². The van der Waals surface area contributed by atoms with E-state index in [-0.39, 0.29) is 10.0 Å². The zero-order chi connectivity index (χ0) is 12.6. The third kappa shape index (κ3) is 2.45. The smallest absolute Gasteiger partial charge is 0.124 e. The third-order valence-corrected chi connectivity index (χ3v) is 3.70. The Morgan fingerprint density at radius 2 is 1.65 bits per heavy atom. The number of nitrogens with two attached hydrogens (primary N) is 1. The number of nitrogens with zero attached hydrogens (tertiary/aromatic N) is 1. The molecule has 88 valence electrons. The van der Waals surface area contributed by atoms with Crippen LogP contribution < -0.4 is 5.73 Å². The van der Waals surface area contributed by atoms with E-state index in [4.69, 9.17) is 52.1 Å². The second-order valence-electron chi connectivity index (χ2n) is 3.29. The summed E-state index contributed by atoms with van der Waals surface area (Å²) in [7, 11) is 0. The Kier molecular flexibility index (Phi) is 3.69. The number of hydrogen-bond acceptors (Lipinski definition) is 2. The lowest BCUT2D eigenvalue weighted by molar-refractivity contribution is 1.33. The standard InChI is InChI=1S/C11H6Cl4N2/c12-5-4-6(13)10(14)11(15)9(5)7-2-1-3-8(16)17-7/h1-4H,(H2,16,17). The topological polar surface area (TPSA) is 38.9 Å². The fourth-order valence-corrected chi connectivity index (χ4v) is 2.50. The first-order chi connectivity index (χ1) is 8.00. The van der Waals surface area contributed by atoms with Gasteiger partial charge in [0.15, 0.2) is 0 Å². The number of benzene rings is 1. The van der Waals surface area contributed by atoms with Crippen LogP contribution in [0.4, 0.5) is 5.82 Å². The predicted molar refractivity (Wildman–Crippen MR) is 74.1 cm³/mol. The summed E-state index contributed by atoms with van der Waals surface area (Å²) in [5.41, 5.74) is 6.69. The van der Waals surface area contributed by atoms with E-state index in [1.807, 2.05) is 0 Å². The first kappa shape index (κ1) is 12.8. The van der Waals surface area contributed by atoms with E-state index in [0.717, 1.165) is 0 Å². The van der Waals surface area contributed by atoms with E-state index < -0.39 is 0 Å². The molecule has 0 aliphatic heterocycles. The second kappa shape index (κ2) is 4.91. The van der Waals surface area contributed by atoms with Gasteiger partial charge >= 0.3 is 0 Å². The summed E-state index contributed by atoms with van der Waals surface area (Å²) in [6, 6.07) is 6.70. The molecule has 0 unspecified atom stereocenters. The molecule has 0 atom stereocenters. The summed E-state index contributed by atoms with van der Waals surface area (Å²) in [5.74, 6) is 0.376. The summed E-state index contributed by atoms with van der Waals surface area (Å²) < 4.78 is 0. The molecule has 0 aliphatic rings. The molecule has 1 heterocycles. The number of nitrogen functional groups attached to an aromatic ring is 1. The average Bonchev–Trinajstić information content (AvgIpc) is 2.26. The Bertz CT molecular complexity index is 584. The number of pyridine rings is 1. The van der Waals surface area contributed by atoms with E-state index in [1.165, 1.54) is 6.07 Å². The summed E-state index contributed by atoms with van der Waals surface area (Å²) in [4.78, 5) is 4.14. The van der Waals surface area contributed by atoms with Crippen LogP contribution in [-0.2, 0) is 0 Å². The van der Waals surface area contributed by atoms with Crippen LogP contribution in [0.1, 0.15) is 0 Å². The molecule has 0 saturated heterocycles. The van der Waals surface area contributed by atoms with Crippen LogP contribution in [0.5, 0.6) is 0 Å². The van der Waals surface area contributed by atoms with Gasteiger partial charge in [-0.25, -0.2) is 4.98 Å². The summed E-state index contributed by atoms with van der Waals surface area (Å²) >= 11 is 24.0. The Hall–Kier alpha value is -0.670. The largest absolute Gasteiger partial charge is 0.384 e. The van der Waals surface area contributed by atoms with Gasteiger partial charge in [0.1, 0.15) is 5.82 Å². The SMILES string of the molecule is Nc1cccc(-c2c(Cl)cc(Cl)c(Cl)c2Cl)n1. The average molecular weight is 308 g/mol. The van der Waals surface area contributed by atoms with Crippen LogP contribution in [0.3, 0.4) is 0 Å². The number of halogens is 4. The summed E-state index contributed by atoms with van der Waals surface area (Å²) in [5, 5.41) is 1.19. The highest BCUT2D eigenvalue weighted by molar-refractivity contribution is 6.51. The zero-order valence-corrected chi connectivity index (χ0v) is 11.4. The molecule has 2 nitrogen and oxygen atoms in total. The van der Waals surface area contributed by atoms with Gasteiger partial charge < -0.3 is 5.73 Å². The van der Waals surface area contributed by atoms with Gasteiger partial charge in [-0.15, -0.1) is 0 Å². The second-order valence-corrected chi connectivity index (χ2v) is 4.86. The molecular formula is C11H6Cl4N2. The number of hydrogen-bond donors (Lipinski definition) is 1. The fraction of sp³-hybridized carbons (Fsp3) is 0. The van der Waals surface area contributed by atoms with Crippen molar-refractivity contribution in [3.8, 4) is 11.3 Å². The maximum atomic E-state index is 6.11. The molecular weight excluding hydrogens is 302 g/mol. The Morgan fingerprint density at radius 3 is 2.29 bits per heavy atom. The minimum Gasteiger partial charge on any atom is -0.384 e. The summed E-state index contributed by atoms with van der Waals surface area (Å²) in [6.07, 6.45) is 0. The van der Waals surface area contributed by atoms with E-state index in [0.29, 0.717) is 27.1 Å². The fourth-order valence-electron chi connectivity index (χ4n) is 1.39. The summed E-state index contributed by atoms with van der Waals surface area (Å²) in [6.45, 7) is 0. The number of aromatic nitrogens is 1. The van der Waals surface area contributed by atoms with Crippen molar-refractivity contribution in [2.45, 2.75) is 0 Å². The Balaban J connectivity index is 2.72. The molecule has 0 aliphatic carbocycles. The van der Waals surface area contributed by atoms with Crippen LogP contribution in [0.25, 0.3) is 11.3 Å². The van der Waals surface area contributed by atoms with Gasteiger partial charge in [0.2, 0.25) is 0 Å². The minimum absolute atomic E-state index is 0.247. The monoisotopic (exact) mass is 306 g/mol. The van der Waals surface area contributed by atoms with Crippen molar-refractivity contribution in [1.82, 2.24) is 4.98 Å². The van der Waals surface area contributed by atoms with Crippen LogP contribution in [0.2, 0.25) is 20.1 Å². The molecule has 0 radical (unpaired) electrons. The van der Waals surface area contributed by atoms with Crippen molar-refractivity contribution in [3.63, 3.8) is 0 Å². The van der Waals surface area contributed by atoms with Gasteiger partial charge in [-0.1, -0.05) is 52.5 Å². The van der Waals surface area contributed by atoms with Crippen LogP contribution >= 0.6 is 46.4 Å². The molecule has 2 rings (SSSR count). The maximum Gasteiger partial charge on any atom is 0.124 e. The molecule has 0 amide bonds. The normalized spacial score (nSPS) is 10.6. The van der Waals surface area contributed by atoms with Gasteiger partial charge in [-0.05, 0) is 18.2 Å². The molecule has 0 spiro atoms. The third-order valence-electron chi connectivity index (χ3n) is 2.14. The molecule has 1 aromatic carbocycles. The minimum atomic E-state index is 0.247. The lowest BCUT2D eigenvalue weighted by Gasteiger charge is -2.09. The first-order valence-electron chi connectivity index (χ1n) is 4.56. The molecule has 2 N–H and O–H groups in total. The lowest BCUT2D eigenvalue weighted by Crippen LogP contribution is -1.93. The first-order valence-corrected chi connectivity index (χ1v) is 6.08. The van der Waals surface area contributed by atoms with E-state index in [1.54, 1.807) is 18.2 Å². The van der Waals surface area contributed by atoms with Crippen molar-refractivity contribution in [3.05, 3.63) is 44.4 Å². The van der Waals surface area contributed by atoms with Gasteiger partial charge in [-0.3, -0.25) is 0 Å². The molecule has 17 heavy (non-hydrogen) atoms. The van der Waals surface area contributed by atoms with Crippen molar-refractivity contribution < 1.29 is 0 Å². The number of rotatable bonds is 1. The highest BCUT2D eigenvalue weighted by atomic mass is 35.5. The van der Waals surface area contributed by atoms with Crippen LogP contribution in [0.15, 0.2) is 24.3 Å². The lowest BCUT2D eigenvalue weighted by atomic mass is 10.1.